The van der Waals surface area contributed by atoms with E-state index in [0.29, 0.717) is 0 Å². The zero-order chi connectivity index (χ0) is 12.1. The highest BCUT2D eigenvalue weighted by Gasteiger charge is 2.11. The molecule has 17 heavy (non-hydrogen) atoms. The second kappa shape index (κ2) is 5.48. The Balaban J connectivity index is 2.27. The summed E-state index contributed by atoms with van der Waals surface area (Å²) in [5.74, 6) is 6.77. The van der Waals surface area contributed by atoms with Gasteiger partial charge in [0.05, 0.1) is 0 Å². The van der Waals surface area contributed by atoms with Gasteiger partial charge in [-0.3, -0.25) is 4.84 Å². The summed E-state index contributed by atoms with van der Waals surface area (Å²) >= 11 is 0. The van der Waals surface area contributed by atoms with E-state index in [1.54, 1.807) is 0 Å². The van der Waals surface area contributed by atoms with Crippen LogP contribution in [0.15, 0.2) is 54.6 Å². The zero-order valence-electron chi connectivity index (χ0n) is 9.67. The molecule has 3 heteroatoms. The molecule has 0 spiro atoms. The predicted molar refractivity (Wildman–Crippen MR) is 66.6 cm³/mol. The fourth-order valence-corrected chi connectivity index (χ4v) is 1.60. The Morgan fingerprint density at radius 2 is 1.59 bits per heavy atom. The number of para-hydroxylation sites is 2. The van der Waals surface area contributed by atoms with E-state index in [9.17, 15) is 0 Å². The summed E-state index contributed by atoms with van der Waals surface area (Å²) in [4.78, 5) is 4.83. The van der Waals surface area contributed by atoms with Gasteiger partial charge in [0.25, 0.3) is 0 Å². The van der Waals surface area contributed by atoms with E-state index >= 15 is 0 Å². The number of ether oxygens (including phenoxy) is 1. The first kappa shape index (κ1) is 11.6. The van der Waals surface area contributed by atoms with Gasteiger partial charge in [0.2, 0.25) is 0 Å². The molecule has 0 aliphatic heterocycles. The minimum atomic E-state index is -0.199. The molecule has 2 rings (SSSR count). The second-order valence-corrected chi connectivity index (χ2v) is 3.73. The number of hydrogen-bond acceptors (Lipinski definition) is 3. The molecule has 0 aliphatic carbocycles. The monoisotopic (exact) mass is 229 g/mol. The molecule has 0 bridgehead atoms. The smallest absolute Gasteiger partial charge is 0.133 e. The van der Waals surface area contributed by atoms with Crippen LogP contribution in [0.25, 0.3) is 0 Å². The Morgan fingerprint density at radius 3 is 2.29 bits per heavy atom. The van der Waals surface area contributed by atoms with Crippen molar-refractivity contribution in [1.29, 1.82) is 0 Å². The van der Waals surface area contributed by atoms with Gasteiger partial charge in [-0.2, -0.15) is 0 Å². The van der Waals surface area contributed by atoms with Crippen molar-refractivity contribution in [2.75, 3.05) is 0 Å². The summed E-state index contributed by atoms with van der Waals surface area (Å²) in [6, 6.07) is 17.3. The summed E-state index contributed by atoms with van der Waals surface area (Å²) in [6.45, 7) is 1.88. The highest BCUT2D eigenvalue weighted by atomic mass is 16.6. The highest BCUT2D eigenvalue weighted by molar-refractivity contribution is 5.38. The minimum Gasteiger partial charge on any atom is -0.457 e. The van der Waals surface area contributed by atoms with Gasteiger partial charge in [0.15, 0.2) is 0 Å². The maximum absolute atomic E-state index is 5.80. The molecule has 0 radical (unpaired) electrons. The molecular weight excluding hydrogens is 214 g/mol. The third-order valence-electron chi connectivity index (χ3n) is 2.53. The molecule has 0 aliphatic rings. The van der Waals surface area contributed by atoms with Crippen molar-refractivity contribution in [3.8, 4) is 11.5 Å². The van der Waals surface area contributed by atoms with Gasteiger partial charge in [-0.1, -0.05) is 36.4 Å². The number of hydrogen-bond donors (Lipinski definition) is 1. The van der Waals surface area contributed by atoms with E-state index in [1.165, 1.54) is 0 Å². The van der Waals surface area contributed by atoms with Crippen molar-refractivity contribution in [2.24, 2.45) is 5.90 Å². The summed E-state index contributed by atoms with van der Waals surface area (Å²) in [5.41, 5.74) is 0.929. The molecule has 3 nitrogen and oxygen atoms in total. The van der Waals surface area contributed by atoms with Crippen LogP contribution >= 0.6 is 0 Å². The molecule has 1 unspecified atom stereocenters. The predicted octanol–water partition coefficient (Wildman–Crippen LogP) is 3.43. The number of rotatable bonds is 4. The fraction of sp³-hybridized carbons (Fsp3) is 0.143. The van der Waals surface area contributed by atoms with E-state index < -0.39 is 0 Å². The molecule has 2 aromatic carbocycles. The van der Waals surface area contributed by atoms with Crippen LogP contribution in [0.1, 0.15) is 18.6 Å². The molecule has 0 saturated heterocycles. The maximum atomic E-state index is 5.80. The first-order chi connectivity index (χ1) is 8.31. The lowest BCUT2D eigenvalue weighted by Gasteiger charge is -2.14. The van der Waals surface area contributed by atoms with Crippen molar-refractivity contribution < 1.29 is 9.57 Å². The molecule has 0 aromatic heterocycles. The maximum Gasteiger partial charge on any atom is 0.133 e. The van der Waals surface area contributed by atoms with E-state index in [-0.39, 0.29) is 6.10 Å². The van der Waals surface area contributed by atoms with Gasteiger partial charge in [0.1, 0.15) is 17.6 Å². The quantitative estimate of drug-likeness (QED) is 0.817. The molecule has 0 fully saturated rings. The molecule has 1 atom stereocenters. The zero-order valence-corrected chi connectivity index (χ0v) is 9.67. The van der Waals surface area contributed by atoms with Gasteiger partial charge in [-0.05, 0) is 25.1 Å². The topological polar surface area (TPSA) is 44.5 Å². The third kappa shape index (κ3) is 2.84. The van der Waals surface area contributed by atoms with Crippen LogP contribution < -0.4 is 10.6 Å². The first-order valence-corrected chi connectivity index (χ1v) is 5.48. The summed E-state index contributed by atoms with van der Waals surface area (Å²) in [6.07, 6.45) is -0.199. The van der Waals surface area contributed by atoms with Crippen LogP contribution in [0.2, 0.25) is 0 Å². The van der Waals surface area contributed by atoms with Crippen LogP contribution in [-0.4, -0.2) is 0 Å². The third-order valence-corrected chi connectivity index (χ3v) is 2.53. The fourth-order valence-electron chi connectivity index (χ4n) is 1.60. The largest absolute Gasteiger partial charge is 0.457 e. The molecule has 88 valence electrons. The standard InChI is InChI=1S/C14H15NO2/c1-11(17-15)13-9-5-6-10-14(13)16-12-7-3-2-4-8-12/h2-11H,15H2,1H3. The Kier molecular flexibility index (Phi) is 3.75. The SMILES string of the molecule is CC(ON)c1ccccc1Oc1ccccc1. The van der Waals surface area contributed by atoms with Gasteiger partial charge < -0.3 is 4.74 Å². The molecule has 0 amide bonds. The van der Waals surface area contributed by atoms with Crippen molar-refractivity contribution >= 4 is 0 Å². The van der Waals surface area contributed by atoms with Gasteiger partial charge >= 0.3 is 0 Å². The van der Waals surface area contributed by atoms with E-state index in [1.807, 2.05) is 61.5 Å². The van der Waals surface area contributed by atoms with Crippen LogP contribution in [0.4, 0.5) is 0 Å². The number of nitrogens with two attached hydrogens (primary N) is 1. The van der Waals surface area contributed by atoms with Crippen molar-refractivity contribution in [3.05, 3.63) is 60.2 Å². The lowest BCUT2D eigenvalue weighted by Crippen LogP contribution is -2.06. The summed E-state index contributed by atoms with van der Waals surface area (Å²) in [5, 5.41) is 0. The average molecular weight is 229 g/mol. The van der Waals surface area contributed by atoms with Crippen molar-refractivity contribution in [1.82, 2.24) is 0 Å². The van der Waals surface area contributed by atoms with Gasteiger partial charge in [0, 0.05) is 5.56 Å². The van der Waals surface area contributed by atoms with Crippen LogP contribution in [0.5, 0.6) is 11.5 Å². The second-order valence-electron chi connectivity index (χ2n) is 3.73. The Hall–Kier alpha value is -1.84. The van der Waals surface area contributed by atoms with Crippen molar-refractivity contribution in [3.63, 3.8) is 0 Å². The first-order valence-electron chi connectivity index (χ1n) is 5.48. The van der Waals surface area contributed by atoms with E-state index in [4.69, 9.17) is 15.5 Å². The lowest BCUT2D eigenvalue weighted by atomic mass is 10.1. The van der Waals surface area contributed by atoms with Crippen LogP contribution in [-0.2, 0) is 4.84 Å². The van der Waals surface area contributed by atoms with Gasteiger partial charge in [-0.25, -0.2) is 5.90 Å². The van der Waals surface area contributed by atoms with Gasteiger partial charge in [-0.15, -0.1) is 0 Å². The Labute approximate surface area is 101 Å². The Morgan fingerprint density at radius 1 is 0.941 bits per heavy atom. The summed E-state index contributed by atoms with van der Waals surface area (Å²) in [7, 11) is 0. The summed E-state index contributed by atoms with van der Waals surface area (Å²) < 4.78 is 5.80. The van der Waals surface area contributed by atoms with Crippen LogP contribution in [0, 0.1) is 0 Å². The average Bonchev–Trinajstić information content (AvgIpc) is 2.40. The Bertz CT molecular complexity index is 471. The van der Waals surface area contributed by atoms with E-state index in [0.717, 1.165) is 17.1 Å². The molecular formula is C14H15NO2. The van der Waals surface area contributed by atoms with Crippen molar-refractivity contribution in [2.45, 2.75) is 13.0 Å². The van der Waals surface area contributed by atoms with E-state index in [2.05, 4.69) is 0 Å². The minimum absolute atomic E-state index is 0.199. The molecule has 0 saturated carbocycles. The molecule has 0 heterocycles. The molecule has 2 N–H and O–H groups in total. The van der Waals surface area contributed by atoms with Crippen LogP contribution in [0.3, 0.4) is 0 Å². The molecule has 2 aromatic rings. The lowest BCUT2D eigenvalue weighted by molar-refractivity contribution is 0.0649. The number of benzene rings is 2. The normalized spacial score (nSPS) is 12.1. The highest BCUT2D eigenvalue weighted by Crippen LogP contribution is 2.30.